The van der Waals surface area contributed by atoms with Crippen LogP contribution in [0.4, 0.5) is 10.5 Å². The number of anilines is 1. The molecule has 5 nitrogen and oxygen atoms in total. The first-order valence-corrected chi connectivity index (χ1v) is 9.23. The van der Waals surface area contributed by atoms with Gasteiger partial charge in [-0.15, -0.1) is 0 Å². The minimum absolute atomic E-state index is 0.129. The van der Waals surface area contributed by atoms with E-state index in [0.29, 0.717) is 6.42 Å². The number of nitrogens with one attached hydrogen (secondary N) is 1. The molecule has 0 aliphatic heterocycles. The predicted molar refractivity (Wildman–Crippen MR) is 97.3 cm³/mol. The van der Waals surface area contributed by atoms with Gasteiger partial charge in [0.1, 0.15) is 6.10 Å². The van der Waals surface area contributed by atoms with Crippen molar-refractivity contribution in [2.45, 2.75) is 58.0 Å². The van der Waals surface area contributed by atoms with Crippen LogP contribution in [-0.4, -0.2) is 25.3 Å². The number of hydrogen-bond donors (Lipinski definition) is 1. The normalized spacial score (nSPS) is 22.4. The van der Waals surface area contributed by atoms with Gasteiger partial charge in [-0.1, -0.05) is 44.4 Å². The molecule has 1 aromatic carbocycles. The van der Waals surface area contributed by atoms with Crippen LogP contribution in [0, 0.1) is 11.8 Å². The fourth-order valence-corrected chi connectivity index (χ4v) is 3.67. The molecule has 0 spiro atoms. The Morgan fingerprint density at radius 1 is 1.16 bits per heavy atom. The summed E-state index contributed by atoms with van der Waals surface area (Å²) in [7, 11) is 1.42. The molecule has 2 rings (SSSR count). The highest BCUT2D eigenvalue weighted by atomic mass is 16.6. The van der Waals surface area contributed by atoms with Crippen molar-refractivity contribution in [2.24, 2.45) is 11.8 Å². The molecule has 1 aromatic rings. The van der Waals surface area contributed by atoms with Crippen LogP contribution >= 0.6 is 0 Å². The molecular weight excluding hydrogens is 318 g/mol. The maximum absolute atomic E-state index is 12.2. The van der Waals surface area contributed by atoms with Crippen LogP contribution in [0.25, 0.3) is 0 Å². The van der Waals surface area contributed by atoms with Gasteiger partial charge >= 0.3 is 12.1 Å². The second-order valence-electron chi connectivity index (χ2n) is 6.71. The molecule has 0 unspecified atom stereocenters. The standard InChI is InChI=1S/C20H29NO4/c1-3-4-6-11-17-15(14-19(22)24-2)12-13-18(17)25-20(23)21-16-9-7-5-8-10-16/h5,7-10,15,17-18H,3-4,6,11-14H2,1-2H3,(H,21,23)/t15-,17+,18-/m0/s1. The summed E-state index contributed by atoms with van der Waals surface area (Å²) in [6.07, 6.45) is 5.95. The molecule has 3 atom stereocenters. The van der Waals surface area contributed by atoms with Crippen molar-refractivity contribution in [3.05, 3.63) is 30.3 Å². The first-order chi connectivity index (χ1) is 12.1. The van der Waals surface area contributed by atoms with Gasteiger partial charge < -0.3 is 9.47 Å². The van der Waals surface area contributed by atoms with E-state index in [1.54, 1.807) is 0 Å². The molecule has 1 amide bonds. The molecule has 1 saturated carbocycles. The number of carbonyl (C=O) groups is 2. The van der Waals surface area contributed by atoms with E-state index in [2.05, 4.69) is 12.2 Å². The van der Waals surface area contributed by atoms with E-state index < -0.39 is 6.09 Å². The van der Waals surface area contributed by atoms with E-state index in [1.165, 1.54) is 7.11 Å². The second kappa shape index (κ2) is 10.1. The minimum atomic E-state index is -0.421. The van der Waals surface area contributed by atoms with E-state index in [0.717, 1.165) is 44.2 Å². The molecule has 0 bridgehead atoms. The summed E-state index contributed by atoms with van der Waals surface area (Å²) in [5, 5.41) is 2.77. The van der Waals surface area contributed by atoms with E-state index in [1.807, 2.05) is 30.3 Å². The lowest BCUT2D eigenvalue weighted by atomic mass is 9.87. The highest BCUT2D eigenvalue weighted by Gasteiger charge is 2.39. The van der Waals surface area contributed by atoms with Gasteiger partial charge in [-0.25, -0.2) is 4.79 Å². The average molecular weight is 347 g/mol. The number of carbonyl (C=O) groups excluding carboxylic acids is 2. The largest absolute Gasteiger partial charge is 0.469 e. The third-order valence-corrected chi connectivity index (χ3v) is 4.98. The first-order valence-electron chi connectivity index (χ1n) is 9.23. The van der Waals surface area contributed by atoms with Gasteiger partial charge in [0, 0.05) is 12.1 Å². The van der Waals surface area contributed by atoms with Gasteiger partial charge in [0.25, 0.3) is 0 Å². The van der Waals surface area contributed by atoms with Gasteiger partial charge in [0.15, 0.2) is 0 Å². The van der Waals surface area contributed by atoms with Gasteiger partial charge in [-0.05, 0) is 43.2 Å². The van der Waals surface area contributed by atoms with Crippen LogP contribution in [0.15, 0.2) is 30.3 Å². The van der Waals surface area contributed by atoms with Crippen LogP contribution in [0.3, 0.4) is 0 Å². The van der Waals surface area contributed by atoms with Crippen LogP contribution < -0.4 is 5.32 Å². The molecule has 5 heteroatoms. The van der Waals surface area contributed by atoms with Gasteiger partial charge in [0.05, 0.1) is 7.11 Å². The molecule has 0 aromatic heterocycles. The fourth-order valence-electron chi connectivity index (χ4n) is 3.67. The number of unbranched alkanes of at least 4 members (excludes halogenated alkanes) is 2. The Morgan fingerprint density at radius 3 is 2.60 bits per heavy atom. The van der Waals surface area contributed by atoms with Crippen LogP contribution in [-0.2, 0) is 14.3 Å². The van der Waals surface area contributed by atoms with Gasteiger partial charge in [-0.2, -0.15) is 0 Å². The monoisotopic (exact) mass is 347 g/mol. The predicted octanol–water partition coefficient (Wildman–Crippen LogP) is 4.77. The lowest BCUT2D eigenvalue weighted by Crippen LogP contribution is -2.28. The molecule has 25 heavy (non-hydrogen) atoms. The lowest BCUT2D eigenvalue weighted by molar-refractivity contribution is -0.142. The molecule has 1 aliphatic carbocycles. The zero-order chi connectivity index (χ0) is 18.1. The van der Waals surface area contributed by atoms with Crippen LogP contribution in [0.1, 0.15) is 51.9 Å². The number of esters is 1. The fraction of sp³-hybridized carbons (Fsp3) is 0.600. The zero-order valence-electron chi connectivity index (χ0n) is 15.2. The second-order valence-corrected chi connectivity index (χ2v) is 6.71. The van der Waals surface area contributed by atoms with Gasteiger partial charge in [-0.3, -0.25) is 10.1 Å². The third-order valence-electron chi connectivity index (χ3n) is 4.98. The van der Waals surface area contributed by atoms with Crippen molar-refractivity contribution < 1.29 is 19.1 Å². The summed E-state index contributed by atoms with van der Waals surface area (Å²) < 4.78 is 10.5. The summed E-state index contributed by atoms with van der Waals surface area (Å²) in [6.45, 7) is 2.17. The summed E-state index contributed by atoms with van der Waals surface area (Å²) >= 11 is 0. The summed E-state index contributed by atoms with van der Waals surface area (Å²) in [4.78, 5) is 23.9. The lowest BCUT2D eigenvalue weighted by Gasteiger charge is -2.24. The van der Waals surface area contributed by atoms with E-state index >= 15 is 0 Å². The Bertz CT molecular complexity index is 546. The molecule has 0 heterocycles. The quantitative estimate of drug-likeness (QED) is 0.543. The molecule has 1 aliphatic rings. The number of hydrogen-bond acceptors (Lipinski definition) is 4. The number of rotatable bonds is 8. The van der Waals surface area contributed by atoms with Crippen molar-refractivity contribution in [1.82, 2.24) is 0 Å². The maximum atomic E-state index is 12.2. The Kier molecular flexibility index (Phi) is 7.76. The highest BCUT2D eigenvalue weighted by Crippen LogP contribution is 2.40. The van der Waals surface area contributed by atoms with Crippen molar-refractivity contribution in [3.8, 4) is 0 Å². The third kappa shape index (κ3) is 6.07. The van der Waals surface area contributed by atoms with E-state index in [9.17, 15) is 9.59 Å². The zero-order valence-corrected chi connectivity index (χ0v) is 15.2. The number of para-hydroxylation sites is 1. The topological polar surface area (TPSA) is 64.6 Å². The summed E-state index contributed by atoms with van der Waals surface area (Å²) in [5.74, 6) is 0.283. The molecule has 0 radical (unpaired) electrons. The molecule has 0 saturated heterocycles. The van der Waals surface area contributed by atoms with Crippen LogP contribution in [0.5, 0.6) is 0 Å². The summed E-state index contributed by atoms with van der Waals surface area (Å²) in [6, 6.07) is 9.29. The first kappa shape index (κ1) is 19.3. The van der Waals surface area contributed by atoms with Crippen molar-refractivity contribution >= 4 is 17.7 Å². The molecule has 1 fully saturated rings. The van der Waals surface area contributed by atoms with Gasteiger partial charge in [0.2, 0.25) is 0 Å². The minimum Gasteiger partial charge on any atom is -0.469 e. The molecule has 1 N–H and O–H groups in total. The van der Waals surface area contributed by atoms with E-state index in [-0.39, 0.29) is 23.9 Å². The Labute approximate surface area is 150 Å². The number of benzene rings is 1. The van der Waals surface area contributed by atoms with Crippen molar-refractivity contribution in [2.75, 3.05) is 12.4 Å². The summed E-state index contributed by atoms with van der Waals surface area (Å²) in [5.41, 5.74) is 0.721. The van der Waals surface area contributed by atoms with E-state index in [4.69, 9.17) is 9.47 Å². The Morgan fingerprint density at radius 2 is 1.92 bits per heavy atom. The van der Waals surface area contributed by atoms with Crippen molar-refractivity contribution in [3.63, 3.8) is 0 Å². The molecule has 138 valence electrons. The number of methoxy groups -OCH3 is 1. The smallest absolute Gasteiger partial charge is 0.411 e. The maximum Gasteiger partial charge on any atom is 0.411 e. The highest BCUT2D eigenvalue weighted by molar-refractivity contribution is 5.84. The van der Waals surface area contributed by atoms with Crippen molar-refractivity contribution in [1.29, 1.82) is 0 Å². The number of ether oxygens (including phenoxy) is 2. The Hall–Kier alpha value is -2.04. The Balaban J connectivity index is 1.93. The average Bonchev–Trinajstić information content (AvgIpc) is 2.97. The van der Waals surface area contributed by atoms with Crippen LogP contribution in [0.2, 0.25) is 0 Å². The SMILES string of the molecule is CCCCC[C@@H]1[C@H](CC(=O)OC)CC[C@@H]1OC(=O)Nc1ccccc1. The number of amides is 1. The molecular formula is C20H29NO4.